The van der Waals surface area contributed by atoms with Crippen LogP contribution in [0.2, 0.25) is 0 Å². The van der Waals surface area contributed by atoms with Crippen LogP contribution in [0, 0.1) is 13.8 Å². The van der Waals surface area contributed by atoms with Gasteiger partial charge in [0.15, 0.2) is 0 Å². The fourth-order valence-corrected chi connectivity index (χ4v) is 1.90. The van der Waals surface area contributed by atoms with E-state index in [2.05, 4.69) is 23.0 Å². The van der Waals surface area contributed by atoms with E-state index in [9.17, 15) is 0 Å². The summed E-state index contributed by atoms with van der Waals surface area (Å²) in [5.74, 6) is 1.41. The average Bonchev–Trinajstić information content (AvgIpc) is 2.69. The molecule has 0 N–H and O–H groups in total. The summed E-state index contributed by atoms with van der Waals surface area (Å²) in [6.45, 7) is 6.14. The van der Waals surface area contributed by atoms with Crippen molar-refractivity contribution in [1.82, 2.24) is 14.5 Å². The Hall–Kier alpha value is -1.35. The lowest BCUT2D eigenvalue weighted by Crippen LogP contribution is -2.02. The molecule has 0 fully saturated rings. The fraction of sp³-hybridized carbons (Fsp3) is 0.385. The third kappa shape index (κ3) is 2.34. The first-order chi connectivity index (χ1) is 8.15. The van der Waals surface area contributed by atoms with Crippen LogP contribution in [0.15, 0.2) is 18.5 Å². The highest BCUT2D eigenvalue weighted by Gasteiger charge is 2.07. The molecule has 2 heterocycles. The van der Waals surface area contributed by atoms with Crippen molar-refractivity contribution in [3.8, 4) is 5.82 Å². The van der Waals surface area contributed by atoms with Gasteiger partial charge in [-0.3, -0.25) is 4.57 Å². The average molecular weight is 250 g/mol. The molecular formula is C13H16ClN3. The van der Waals surface area contributed by atoms with Crippen molar-refractivity contribution in [3.05, 3.63) is 41.1 Å². The zero-order valence-electron chi connectivity index (χ0n) is 10.4. The summed E-state index contributed by atoms with van der Waals surface area (Å²) in [5.41, 5.74) is 4.30. The van der Waals surface area contributed by atoms with Crippen LogP contribution in [0.4, 0.5) is 0 Å². The number of pyridine rings is 1. The number of halogens is 1. The third-order valence-corrected chi connectivity index (χ3v) is 3.25. The first-order valence-electron chi connectivity index (χ1n) is 5.72. The van der Waals surface area contributed by atoms with Crippen LogP contribution in [0.3, 0.4) is 0 Å². The summed E-state index contributed by atoms with van der Waals surface area (Å²) >= 11 is 5.91. The molecule has 3 nitrogen and oxygen atoms in total. The highest BCUT2D eigenvalue weighted by Crippen LogP contribution is 2.16. The Morgan fingerprint density at radius 1 is 1.29 bits per heavy atom. The summed E-state index contributed by atoms with van der Waals surface area (Å²) in [7, 11) is 0. The molecule has 0 bridgehead atoms. The van der Waals surface area contributed by atoms with Crippen molar-refractivity contribution in [2.45, 2.75) is 33.1 Å². The Morgan fingerprint density at radius 3 is 2.59 bits per heavy atom. The maximum absolute atomic E-state index is 5.91. The Labute approximate surface area is 106 Å². The maximum atomic E-state index is 5.91. The Kier molecular flexibility index (Phi) is 3.48. The number of imidazole rings is 1. The van der Waals surface area contributed by atoms with Gasteiger partial charge < -0.3 is 0 Å². The van der Waals surface area contributed by atoms with Crippen LogP contribution in [0.5, 0.6) is 0 Å². The molecule has 0 atom stereocenters. The van der Waals surface area contributed by atoms with Gasteiger partial charge in [-0.1, -0.05) is 6.92 Å². The molecule has 0 amide bonds. The van der Waals surface area contributed by atoms with E-state index in [1.54, 1.807) is 0 Å². The minimum absolute atomic E-state index is 0.509. The largest absolute Gasteiger partial charge is 0.287 e. The van der Waals surface area contributed by atoms with Crippen LogP contribution in [0.25, 0.3) is 5.82 Å². The Bertz CT molecular complexity index is 509. The van der Waals surface area contributed by atoms with Gasteiger partial charge in [-0.15, -0.1) is 11.6 Å². The zero-order valence-corrected chi connectivity index (χ0v) is 11.1. The van der Waals surface area contributed by atoms with Gasteiger partial charge in [0, 0.05) is 17.3 Å². The smallest absolute Gasteiger partial charge is 0.138 e. The molecule has 0 aromatic carbocycles. The van der Waals surface area contributed by atoms with Gasteiger partial charge in [0.25, 0.3) is 0 Å². The lowest BCUT2D eigenvalue weighted by molar-refractivity contribution is 0.910. The molecule has 90 valence electrons. The van der Waals surface area contributed by atoms with E-state index in [1.807, 2.05) is 30.8 Å². The number of aromatic nitrogens is 3. The molecule has 0 aliphatic heterocycles. The number of rotatable bonds is 3. The molecule has 0 saturated carbocycles. The number of hydrogen-bond acceptors (Lipinski definition) is 2. The molecule has 0 spiro atoms. The molecule has 0 saturated heterocycles. The van der Waals surface area contributed by atoms with E-state index in [1.165, 1.54) is 0 Å². The topological polar surface area (TPSA) is 30.7 Å². The molecule has 0 aliphatic carbocycles. The molecule has 2 aromatic rings. The van der Waals surface area contributed by atoms with Crippen molar-refractivity contribution in [1.29, 1.82) is 0 Å². The van der Waals surface area contributed by atoms with Gasteiger partial charge in [-0.05, 0) is 38.0 Å². The summed E-state index contributed by atoms with van der Waals surface area (Å²) in [6.07, 6.45) is 2.72. The highest BCUT2D eigenvalue weighted by atomic mass is 35.5. The molecule has 2 rings (SSSR count). The quantitative estimate of drug-likeness (QED) is 0.783. The van der Waals surface area contributed by atoms with Crippen molar-refractivity contribution >= 4 is 11.6 Å². The second-order valence-corrected chi connectivity index (χ2v) is 4.36. The summed E-state index contributed by atoms with van der Waals surface area (Å²) in [5, 5.41) is 0. The van der Waals surface area contributed by atoms with E-state index < -0.39 is 0 Å². The van der Waals surface area contributed by atoms with Crippen molar-refractivity contribution in [2.24, 2.45) is 0 Å². The predicted molar refractivity (Wildman–Crippen MR) is 69.8 cm³/mol. The van der Waals surface area contributed by atoms with Gasteiger partial charge in [-0.2, -0.15) is 0 Å². The van der Waals surface area contributed by atoms with Crippen molar-refractivity contribution in [2.75, 3.05) is 0 Å². The standard InChI is InChI=1S/C13H16ClN3/c1-4-12-5-11(7-14)6-13(16-12)17-8-15-9(2)10(17)3/h5-6,8H,4,7H2,1-3H3. The Morgan fingerprint density at radius 2 is 2.06 bits per heavy atom. The monoisotopic (exact) mass is 249 g/mol. The van der Waals surface area contributed by atoms with Gasteiger partial charge in [0.05, 0.1) is 5.69 Å². The van der Waals surface area contributed by atoms with Crippen LogP contribution in [-0.4, -0.2) is 14.5 Å². The maximum Gasteiger partial charge on any atom is 0.138 e. The SMILES string of the molecule is CCc1cc(CCl)cc(-n2cnc(C)c2C)n1. The second-order valence-electron chi connectivity index (χ2n) is 4.10. The van der Waals surface area contributed by atoms with E-state index in [-0.39, 0.29) is 0 Å². The van der Waals surface area contributed by atoms with Gasteiger partial charge in [0.2, 0.25) is 0 Å². The van der Waals surface area contributed by atoms with E-state index in [0.717, 1.165) is 34.9 Å². The molecule has 0 unspecified atom stereocenters. The molecule has 0 aliphatic rings. The number of nitrogens with zero attached hydrogens (tertiary/aromatic N) is 3. The number of hydrogen-bond donors (Lipinski definition) is 0. The molecule has 0 radical (unpaired) electrons. The first kappa shape index (κ1) is 12.1. The number of alkyl halides is 1. The van der Waals surface area contributed by atoms with Gasteiger partial charge in [0.1, 0.15) is 12.1 Å². The molecule has 4 heteroatoms. The van der Waals surface area contributed by atoms with Crippen LogP contribution in [-0.2, 0) is 12.3 Å². The van der Waals surface area contributed by atoms with Gasteiger partial charge in [-0.25, -0.2) is 9.97 Å². The van der Waals surface area contributed by atoms with Crippen LogP contribution in [0.1, 0.15) is 29.6 Å². The minimum Gasteiger partial charge on any atom is -0.287 e. The number of aryl methyl sites for hydroxylation is 2. The fourth-order valence-electron chi connectivity index (χ4n) is 1.74. The third-order valence-electron chi connectivity index (χ3n) is 2.94. The second kappa shape index (κ2) is 4.88. The summed E-state index contributed by atoms with van der Waals surface area (Å²) in [6, 6.07) is 4.07. The van der Waals surface area contributed by atoms with Crippen LogP contribution < -0.4 is 0 Å². The van der Waals surface area contributed by atoms with Gasteiger partial charge >= 0.3 is 0 Å². The van der Waals surface area contributed by atoms with E-state index >= 15 is 0 Å². The normalized spacial score (nSPS) is 10.8. The van der Waals surface area contributed by atoms with E-state index in [0.29, 0.717) is 5.88 Å². The molecule has 2 aromatic heterocycles. The first-order valence-corrected chi connectivity index (χ1v) is 6.26. The minimum atomic E-state index is 0.509. The van der Waals surface area contributed by atoms with Crippen molar-refractivity contribution < 1.29 is 0 Å². The van der Waals surface area contributed by atoms with Crippen molar-refractivity contribution in [3.63, 3.8) is 0 Å². The van der Waals surface area contributed by atoms with Crippen LogP contribution >= 0.6 is 11.6 Å². The highest BCUT2D eigenvalue weighted by molar-refractivity contribution is 6.17. The molecular weight excluding hydrogens is 234 g/mol. The predicted octanol–water partition coefficient (Wildman–Crippen LogP) is 3.19. The lowest BCUT2D eigenvalue weighted by atomic mass is 10.2. The zero-order chi connectivity index (χ0) is 12.4. The lowest BCUT2D eigenvalue weighted by Gasteiger charge is -2.08. The Balaban J connectivity index is 2.54. The summed E-state index contributed by atoms with van der Waals surface area (Å²) < 4.78 is 2.00. The molecule has 17 heavy (non-hydrogen) atoms. The van der Waals surface area contributed by atoms with E-state index in [4.69, 9.17) is 11.6 Å². The summed E-state index contributed by atoms with van der Waals surface area (Å²) in [4.78, 5) is 8.90.